The second kappa shape index (κ2) is 13.3. The van der Waals surface area contributed by atoms with E-state index in [0.717, 1.165) is 33.6 Å². The molecule has 2 aromatic heterocycles. The molecule has 14 rings (SSSR count). The zero-order chi connectivity index (χ0) is 41.9. The van der Waals surface area contributed by atoms with Gasteiger partial charge in [-0.3, -0.25) is 0 Å². The van der Waals surface area contributed by atoms with Crippen molar-refractivity contribution in [2.24, 2.45) is 0 Å². The summed E-state index contributed by atoms with van der Waals surface area (Å²) >= 11 is 0. The molecule has 1 aliphatic carbocycles. The first-order valence-corrected chi connectivity index (χ1v) is 22.1. The van der Waals surface area contributed by atoms with Gasteiger partial charge in [-0.2, -0.15) is 0 Å². The summed E-state index contributed by atoms with van der Waals surface area (Å²) in [4.78, 5) is 10.6. The van der Waals surface area contributed by atoms with Gasteiger partial charge in [-0.05, 0) is 90.3 Å². The van der Waals surface area contributed by atoms with E-state index in [0.29, 0.717) is 5.82 Å². The summed E-state index contributed by atoms with van der Waals surface area (Å²) in [6.07, 6.45) is 0. The van der Waals surface area contributed by atoms with Crippen LogP contribution in [0.15, 0.2) is 224 Å². The molecule has 3 heterocycles. The van der Waals surface area contributed by atoms with Crippen molar-refractivity contribution in [3.8, 4) is 61.8 Å². The highest BCUT2D eigenvalue weighted by atomic mass is 15.0. The first kappa shape index (κ1) is 35.2. The number of para-hydroxylation sites is 3. The molecule has 64 heavy (non-hydrogen) atoms. The third-order valence-electron chi connectivity index (χ3n) is 14.0. The van der Waals surface area contributed by atoms with E-state index in [1.165, 1.54) is 88.0 Å². The van der Waals surface area contributed by atoms with Gasteiger partial charge >= 0.3 is 0 Å². The molecule has 0 fully saturated rings. The van der Waals surface area contributed by atoms with E-state index >= 15 is 0 Å². The van der Waals surface area contributed by atoms with Crippen molar-refractivity contribution in [3.63, 3.8) is 0 Å². The average molecular weight is 812 g/mol. The Kier molecular flexibility index (Phi) is 7.32. The summed E-state index contributed by atoms with van der Waals surface area (Å²) in [6, 6.07) is 82.1. The number of aromatic nitrogens is 3. The minimum atomic E-state index is -0.504. The van der Waals surface area contributed by atoms with Gasteiger partial charge in [0, 0.05) is 27.5 Å². The maximum atomic E-state index is 5.32. The zero-order valence-corrected chi connectivity index (χ0v) is 34.7. The normalized spacial score (nSPS) is 14.6. The SMILES string of the molecule is c1ccc2c(c1)-c1ccc(-c3ccc(-c4nc(-c5cccc6ccccc56)cc(-c5cccc6ccccc56)n4)cc3)cc1C21c2ccccc2-n2c3ccccc3c3cccc1c32. The highest BCUT2D eigenvalue weighted by molar-refractivity contribution is 6.13. The van der Waals surface area contributed by atoms with Gasteiger partial charge in [0.15, 0.2) is 5.82 Å². The number of fused-ring (bicyclic) bond motifs is 14. The molecule has 296 valence electrons. The molecule has 3 heteroatoms. The molecule has 0 N–H and O–H groups in total. The quantitative estimate of drug-likeness (QED) is 0.177. The van der Waals surface area contributed by atoms with Crippen LogP contribution in [0.2, 0.25) is 0 Å². The van der Waals surface area contributed by atoms with E-state index in [1.54, 1.807) is 0 Å². The highest BCUT2D eigenvalue weighted by Gasteiger charge is 2.50. The monoisotopic (exact) mass is 811 g/mol. The van der Waals surface area contributed by atoms with Crippen LogP contribution in [0.3, 0.4) is 0 Å². The topological polar surface area (TPSA) is 30.7 Å². The zero-order valence-electron chi connectivity index (χ0n) is 34.7. The number of rotatable bonds is 4. The molecule has 10 aromatic carbocycles. The predicted octanol–water partition coefficient (Wildman–Crippen LogP) is 15.2. The van der Waals surface area contributed by atoms with Crippen molar-refractivity contribution in [2.45, 2.75) is 5.41 Å². The molecular formula is C61H37N3. The lowest BCUT2D eigenvalue weighted by Gasteiger charge is -2.39. The summed E-state index contributed by atoms with van der Waals surface area (Å²) in [5, 5.41) is 7.28. The van der Waals surface area contributed by atoms with E-state index in [9.17, 15) is 0 Å². The number of hydrogen-bond donors (Lipinski definition) is 0. The van der Waals surface area contributed by atoms with Gasteiger partial charge < -0.3 is 4.57 Å². The molecule has 1 unspecified atom stereocenters. The standard InChI is InChI=1S/C61H37N3/c1-3-18-43-39(14-1)16-11-22-47(43)55-37-56(48-23-12-17-40-15-2-4-19-44(40)48)63-60(62-55)41-32-30-38(31-33-41)42-34-35-46-45-20-5-7-25-51(45)61(54(46)36-42)52-26-8-10-29-58(52)64-57-28-9-6-21-49(57)50-24-13-27-53(61)59(50)64/h1-37H. The maximum Gasteiger partial charge on any atom is 0.160 e. The Morgan fingerprint density at radius 3 is 1.59 bits per heavy atom. The maximum absolute atomic E-state index is 5.32. The predicted molar refractivity (Wildman–Crippen MR) is 264 cm³/mol. The van der Waals surface area contributed by atoms with E-state index in [2.05, 4.69) is 229 Å². The smallest absolute Gasteiger partial charge is 0.160 e. The molecular weight excluding hydrogens is 775 g/mol. The fourth-order valence-electron chi connectivity index (χ4n) is 11.3. The fourth-order valence-corrected chi connectivity index (χ4v) is 11.3. The van der Waals surface area contributed by atoms with Crippen LogP contribution >= 0.6 is 0 Å². The minimum Gasteiger partial charge on any atom is -0.309 e. The van der Waals surface area contributed by atoms with Crippen molar-refractivity contribution < 1.29 is 0 Å². The molecule has 0 radical (unpaired) electrons. The van der Waals surface area contributed by atoms with Crippen LogP contribution in [-0.4, -0.2) is 14.5 Å². The molecule has 12 aromatic rings. The average Bonchev–Trinajstić information content (AvgIpc) is 3.86. The van der Waals surface area contributed by atoms with Crippen molar-refractivity contribution >= 4 is 43.4 Å². The number of hydrogen-bond acceptors (Lipinski definition) is 2. The first-order chi connectivity index (χ1) is 31.7. The third kappa shape index (κ3) is 4.81. The summed E-state index contributed by atoms with van der Waals surface area (Å²) < 4.78 is 2.51. The molecule has 0 saturated heterocycles. The summed E-state index contributed by atoms with van der Waals surface area (Å²) in [6.45, 7) is 0. The van der Waals surface area contributed by atoms with Gasteiger partial charge in [-0.25, -0.2) is 9.97 Å². The Morgan fingerprint density at radius 2 is 0.844 bits per heavy atom. The fraction of sp³-hybridized carbons (Fsp3) is 0.0164. The van der Waals surface area contributed by atoms with Gasteiger partial charge in [0.05, 0.1) is 33.5 Å². The van der Waals surface area contributed by atoms with Gasteiger partial charge in [-0.15, -0.1) is 0 Å². The van der Waals surface area contributed by atoms with Gasteiger partial charge in [0.1, 0.15) is 0 Å². The Hall–Kier alpha value is -8.40. The molecule has 0 bridgehead atoms. The lowest BCUT2D eigenvalue weighted by atomic mass is 9.65. The van der Waals surface area contributed by atoms with Crippen LogP contribution in [0.4, 0.5) is 0 Å². The molecule has 0 amide bonds. The van der Waals surface area contributed by atoms with Gasteiger partial charge in [0.25, 0.3) is 0 Å². The van der Waals surface area contributed by atoms with E-state index in [-0.39, 0.29) is 0 Å². The van der Waals surface area contributed by atoms with Crippen LogP contribution in [0.5, 0.6) is 0 Å². The van der Waals surface area contributed by atoms with Crippen molar-refractivity contribution in [3.05, 3.63) is 247 Å². The lowest BCUT2D eigenvalue weighted by Crippen LogP contribution is -2.33. The largest absolute Gasteiger partial charge is 0.309 e. The summed E-state index contributed by atoms with van der Waals surface area (Å²) in [5.41, 5.74) is 18.4. The Morgan fingerprint density at radius 1 is 0.328 bits per heavy atom. The van der Waals surface area contributed by atoms with Crippen LogP contribution in [-0.2, 0) is 5.41 Å². The van der Waals surface area contributed by atoms with Crippen LogP contribution in [0, 0.1) is 0 Å². The van der Waals surface area contributed by atoms with Crippen LogP contribution in [0.1, 0.15) is 22.3 Å². The summed E-state index contributed by atoms with van der Waals surface area (Å²) in [7, 11) is 0. The Bertz CT molecular complexity index is 3800. The van der Waals surface area contributed by atoms with Crippen molar-refractivity contribution in [1.29, 1.82) is 0 Å². The minimum absolute atomic E-state index is 0.504. The first-order valence-electron chi connectivity index (χ1n) is 22.1. The number of nitrogens with zero attached hydrogens (tertiary/aromatic N) is 3. The molecule has 1 atom stereocenters. The number of benzene rings is 10. The van der Waals surface area contributed by atoms with Gasteiger partial charge in [0.2, 0.25) is 0 Å². The second-order valence-corrected chi connectivity index (χ2v) is 17.2. The molecule has 0 saturated carbocycles. The third-order valence-corrected chi connectivity index (χ3v) is 14.0. The van der Waals surface area contributed by atoms with E-state index < -0.39 is 5.41 Å². The Balaban J connectivity index is 0.946. The van der Waals surface area contributed by atoms with Crippen molar-refractivity contribution in [2.75, 3.05) is 0 Å². The van der Waals surface area contributed by atoms with Crippen LogP contribution in [0.25, 0.3) is 105 Å². The van der Waals surface area contributed by atoms with Crippen LogP contribution < -0.4 is 0 Å². The van der Waals surface area contributed by atoms with E-state index in [1.807, 2.05) is 0 Å². The Labute approximate surface area is 370 Å². The van der Waals surface area contributed by atoms with Gasteiger partial charge in [-0.1, -0.05) is 200 Å². The van der Waals surface area contributed by atoms with Crippen molar-refractivity contribution in [1.82, 2.24) is 14.5 Å². The summed E-state index contributed by atoms with van der Waals surface area (Å²) in [5.74, 6) is 0.700. The molecule has 2 aliphatic rings. The highest BCUT2D eigenvalue weighted by Crippen LogP contribution is 2.61. The molecule has 1 aliphatic heterocycles. The molecule has 3 nitrogen and oxygen atoms in total. The second-order valence-electron chi connectivity index (χ2n) is 17.2. The van der Waals surface area contributed by atoms with E-state index in [4.69, 9.17) is 9.97 Å². The lowest BCUT2D eigenvalue weighted by molar-refractivity contribution is 0.749. The molecule has 1 spiro atoms.